The Morgan fingerprint density at radius 3 is 2.90 bits per heavy atom. The highest BCUT2D eigenvalue weighted by atomic mass is 32.1. The van der Waals surface area contributed by atoms with Gasteiger partial charge in [0.15, 0.2) is 0 Å². The molecule has 0 aliphatic carbocycles. The zero-order chi connectivity index (χ0) is 13.9. The Kier molecular flexibility index (Phi) is 4.19. The number of hydrogen-bond acceptors (Lipinski definition) is 4. The summed E-state index contributed by atoms with van der Waals surface area (Å²) in [6, 6.07) is 6.38. The van der Waals surface area contributed by atoms with Gasteiger partial charge in [-0.2, -0.15) is 0 Å². The van der Waals surface area contributed by atoms with Gasteiger partial charge in [-0.25, -0.2) is 0 Å². The van der Waals surface area contributed by atoms with Crippen LogP contribution >= 0.6 is 11.3 Å². The van der Waals surface area contributed by atoms with Crippen LogP contribution in [0.5, 0.6) is 0 Å². The minimum Gasteiger partial charge on any atom is -0.379 e. The molecule has 1 aliphatic heterocycles. The Balaban J connectivity index is 1.61. The van der Waals surface area contributed by atoms with Crippen molar-refractivity contribution in [3.05, 3.63) is 33.4 Å². The summed E-state index contributed by atoms with van der Waals surface area (Å²) in [5.41, 5.74) is 2.37. The highest BCUT2D eigenvalue weighted by molar-refractivity contribution is 7.16. The Morgan fingerprint density at radius 1 is 1.30 bits per heavy atom. The summed E-state index contributed by atoms with van der Waals surface area (Å²) in [5.74, 6) is 0. The van der Waals surface area contributed by atoms with Gasteiger partial charge in [0, 0.05) is 20.1 Å². The number of ether oxygens (including phenoxy) is 1. The summed E-state index contributed by atoms with van der Waals surface area (Å²) >= 11 is 1.33. The van der Waals surface area contributed by atoms with Crippen molar-refractivity contribution in [2.45, 2.75) is 12.8 Å². The smallest absolute Gasteiger partial charge is 0.307 e. The van der Waals surface area contributed by atoms with Crippen molar-refractivity contribution in [1.82, 2.24) is 9.47 Å². The van der Waals surface area contributed by atoms with Crippen molar-refractivity contribution in [3.63, 3.8) is 0 Å². The Morgan fingerprint density at radius 2 is 2.10 bits per heavy atom. The van der Waals surface area contributed by atoms with Gasteiger partial charge in [0.05, 0.1) is 23.4 Å². The van der Waals surface area contributed by atoms with Gasteiger partial charge < -0.3 is 9.30 Å². The van der Waals surface area contributed by atoms with E-state index in [0.717, 1.165) is 55.9 Å². The first-order valence-electron chi connectivity index (χ1n) is 7.12. The molecule has 108 valence electrons. The van der Waals surface area contributed by atoms with Crippen molar-refractivity contribution in [2.75, 3.05) is 32.8 Å². The van der Waals surface area contributed by atoms with Gasteiger partial charge in [-0.3, -0.25) is 9.69 Å². The average Bonchev–Trinajstić information content (AvgIpc) is 2.75. The molecule has 0 atom stereocenters. The van der Waals surface area contributed by atoms with E-state index in [1.165, 1.54) is 16.9 Å². The standard InChI is InChI=1S/C15H20N2O2S/c1-16-13-5-4-12(11-14(13)20-15(16)18)3-2-6-17-7-9-19-10-8-17/h4-5,11H,2-3,6-10H2,1H3. The van der Waals surface area contributed by atoms with E-state index in [0.29, 0.717) is 0 Å². The van der Waals surface area contributed by atoms with Crippen LogP contribution in [-0.4, -0.2) is 42.3 Å². The summed E-state index contributed by atoms with van der Waals surface area (Å²) in [7, 11) is 1.83. The molecule has 1 aromatic heterocycles. The maximum Gasteiger partial charge on any atom is 0.307 e. The second kappa shape index (κ2) is 6.08. The molecule has 0 unspecified atom stereocenters. The minimum atomic E-state index is 0.116. The van der Waals surface area contributed by atoms with Crippen LogP contribution in [0.25, 0.3) is 10.2 Å². The lowest BCUT2D eigenvalue weighted by molar-refractivity contribution is 0.0375. The van der Waals surface area contributed by atoms with Gasteiger partial charge in [0.25, 0.3) is 0 Å². The maximum atomic E-state index is 11.6. The number of benzene rings is 1. The molecule has 1 aromatic carbocycles. The molecule has 0 saturated carbocycles. The summed E-state index contributed by atoms with van der Waals surface area (Å²) in [6.07, 6.45) is 2.23. The van der Waals surface area contributed by atoms with Crippen molar-refractivity contribution < 1.29 is 4.74 Å². The van der Waals surface area contributed by atoms with Gasteiger partial charge in [-0.15, -0.1) is 0 Å². The molecule has 1 fully saturated rings. The van der Waals surface area contributed by atoms with Gasteiger partial charge in [0.2, 0.25) is 0 Å². The molecule has 3 rings (SSSR count). The molecule has 4 nitrogen and oxygen atoms in total. The lowest BCUT2D eigenvalue weighted by Crippen LogP contribution is -2.36. The SMILES string of the molecule is Cn1c(=O)sc2cc(CCCN3CCOCC3)ccc21. The molecule has 0 radical (unpaired) electrons. The zero-order valence-electron chi connectivity index (χ0n) is 11.8. The van der Waals surface area contributed by atoms with E-state index in [9.17, 15) is 4.79 Å². The molecular weight excluding hydrogens is 272 g/mol. The number of thiazole rings is 1. The van der Waals surface area contributed by atoms with Crippen LogP contribution in [0.15, 0.2) is 23.0 Å². The van der Waals surface area contributed by atoms with E-state index < -0.39 is 0 Å². The monoisotopic (exact) mass is 292 g/mol. The van der Waals surface area contributed by atoms with Crippen LogP contribution in [0.3, 0.4) is 0 Å². The topological polar surface area (TPSA) is 34.5 Å². The second-order valence-corrected chi connectivity index (χ2v) is 6.28. The van der Waals surface area contributed by atoms with Crippen LogP contribution in [-0.2, 0) is 18.2 Å². The third-order valence-electron chi connectivity index (χ3n) is 3.90. The summed E-state index contributed by atoms with van der Waals surface area (Å²) in [4.78, 5) is 14.2. The third-order valence-corrected chi connectivity index (χ3v) is 4.90. The number of rotatable bonds is 4. The summed E-state index contributed by atoms with van der Waals surface area (Å²) < 4.78 is 8.17. The molecule has 0 N–H and O–H groups in total. The van der Waals surface area contributed by atoms with Gasteiger partial charge in [-0.1, -0.05) is 17.4 Å². The van der Waals surface area contributed by atoms with E-state index in [1.54, 1.807) is 4.57 Å². The lowest BCUT2D eigenvalue weighted by atomic mass is 10.1. The van der Waals surface area contributed by atoms with Crippen molar-refractivity contribution >= 4 is 21.6 Å². The van der Waals surface area contributed by atoms with Gasteiger partial charge >= 0.3 is 4.87 Å². The molecule has 0 spiro atoms. The van der Waals surface area contributed by atoms with Gasteiger partial charge in [-0.05, 0) is 37.1 Å². The van der Waals surface area contributed by atoms with E-state index in [-0.39, 0.29) is 4.87 Å². The first-order valence-corrected chi connectivity index (χ1v) is 7.94. The zero-order valence-corrected chi connectivity index (χ0v) is 12.6. The molecule has 2 aromatic rings. The van der Waals surface area contributed by atoms with E-state index in [1.807, 2.05) is 7.05 Å². The molecule has 1 saturated heterocycles. The summed E-state index contributed by atoms with van der Waals surface area (Å²) in [5, 5.41) is 0. The molecule has 2 heterocycles. The van der Waals surface area contributed by atoms with E-state index in [2.05, 4.69) is 23.1 Å². The van der Waals surface area contributed by atoms with E-state index in [4.69, 9.17) is 4.74 Å². The minimum absolute atomic E-state index is 0.116. The largest absolute Gasteiger partial charge is 0.379 e. The fraction of sp³-hybridized carbons (Fsp3) is 0.533. The Labute approximate surface area is 122 Å². The van der Waals surface area contributed by atoms with Crippen LogP contribution in [0.4, 0.5) is 0 Å². The quantitative estimate of drug-likeness (QED) is 0.863. The third kappa shape index (κ3) is 2.95. The number of fused-ring (bicyclic) bond motifs is 1. The van der Waals surface area contributed by atoms with Crippen molar-refractivity contribution in [3.8, 4) is 0 Å². The molecule has 0 bridgehead atoms. The predicted molar refractivity (Wildman–Crippen MR) is 82.6 cm³/mol. The normalized spacial score (nSPS) is 16.9. The number of hydrogen-bond donors (Lipinski definition) is 0. The molecule has 1 aliphatic rings. The fourth-order valence-electron chi connectivity index (χ4n) is 2.67. The van der Waals surface area contributed by atoms with Crippen LogP contribution in [0.1, 0.15) is 12.0 Å². The highest BCUT2D eigenvalue weighted by Crippen LogP contribution is 2.19. The average molecular weight is 292 g/mol. The number of morpholine rings is 1. The maximum absolute atomic E-state index is 11.6. The van der Waals surface area contributed by atoms with Gasteiger partial charge in [0.1, 0.15) is 0 Å². The number of aryl methyl sites for hydroxylation is 2. The Bertz CT molecular complexity index is 641. The van der Waals surface area contributed by atoms with E-state index >= 15 is 0 Å². The van der Waals surface area contributed by atoms with Crippen LogP contribution < -0.4 is 4.87 Å². The van der Waals surface area contributed by atoms with Crippen LogP contribution in [0.2, 0.25) is 0 Å². The number of nitrogens with zero attached hydrogens (tertiary/aromatic N) is 2. The molecular formula is C15H20N2O2S. The molecule has 20 heavy (non-hydrogen) atoms. The first-order chi connectivity index (χ1) is 9.74. The predicted octanol–water partition coefficient (Wildman–Crippen LogP) is 1.86. The fourth-order valence-corrected chi connectivity index (χ4v) is 3.61. The van der Waals surface area contributed by atoms with Crippen molar-refractivity contribution in [1.29, 1.82) is 0 Å². The molecule has 0 amide bonds. The first kappa shape index (κ1) is 13.8. The lowest BCUT2D eigenvalue weighted by Gasteiger charge is -2.26. The van der Waals surface area contributed by atoms with Crippen molar-refractivity contribution in [2.24, 2.45) is 7.05 Å². The summed E-state index contributed by atoms with van der Waals surface area (Å²) in [6.45, 7) is 4.97. The van der Waals surface area contributed by atoms with Crippen LogP contribution in [0, 0.1) is 0 Å². The number of aromatic nitrogens is 1. The molecule has 5 heteroatoms. The second-order valence-electron chi connectivity index (χ2n) is 5.29. The highest BCUT2D eigenvalue weighted by Gasteiger charge is 2.10. The Hall–Kier alpha value is -1.17.